The van der Waals surface area contributed by atoms with E-state index in [2.05, 4.69) is 37.2 Å². The maximum absolute atomic E-state index is 12.1. The molecule has 0 bridgehead atoms. The van der Waals surface area contributed by atoms with Gasteiger partial charge in [0.2, 0.25) is 0 Å². The Hall–Kier alpha value is -1.66. The van der Waals surface area contributed by atoms with Crippen LogP contribution in [0.2, 0.25) is 0 Å². The topological polar surface area (TPSA) is 66.4 Å². The van der Waals surface area contributed by atoms with Gasteiger partial charge in [0, 0.05) is 14.5 Å². The third-order valence-corrected chi connectivity index (χ3v) is 3.45. The first kappa shape index (κ1) is 14.7. The molecule has 0 unspecified atom stereocenters. The Morgan fingerprint density at radius 1 is 1.00 bits per heavy atom. The third-order valence-electron chi connectivity index (χ3n) is 2.53. The molecule has 1 amide bonds. The minimum absolute atomic E-state index is 0.0508. The zero-order chi connectivity index (χ0) is 14.7. The summed E-state index contributed by atoms with van der Waals surface area (Å²) in [6.45, 7) is 0. The second kappa shape index (κ2) is 6.19. The van der Waals surface area contributed by atoms with Crippen LogP contribution in [0.1, 0.15) is 20.7 Å². The zero-order valence-electron chi connectivity index (χ0n) is 10.1. The van der Waals surface area contributed by atoms with Crippen molar-refractivity contribution in [2.75, 3.05) is 5.32 Å². The molecule has 0 atom stereocenters. The molecule has 0 fully saturated rings. The van der Waals surface area contributed by atoms with Crippen molar-refractivity contribution >= 4 is 49.4 Å². The lowest BCUT2D eigenvalue weighted by Crippen LogP contribution is -2.14. The van der Waals surface area contributed by atoms with E-state index in [0.29, 0.717) is 5.56 Å². The molecule has 0 heterocycles. The lowest BCUT2D eigenvalue weighted by atomic mass is 10.1. The maximum atomic E-state index is 12.1. The zero-order valence-corrected chi connectivity index (χ0v) is 13.2. The van der Waals surface area contributed by atoms with Crippen molar-refractivity contribution in [1.29, 1.82) is 0 Å². The van der Waals surface area contributed by atoms with E-state index in [-0.39, 0.29) is 17.2 Å². The Balaban J connectivity index is 2.30. The van der Waals surface area contributed by atoms with E-state index in [9.17, 15) is 9.59 Å². The van der Waals surface area contributed by atoms with E-state index in [1.54, 1.807) is 30.3 Å². The van der Waals surface area contributed by atoms with Crippen molar-refractivity contribution < 1.29 is 14.7 Å². The molecule has 2 N–H and O–H groups in total. The normalized spacial score (nSPS) is 10.1. The van der Waals surface area contributed by atoms with Gasteiger partial charge in [0.05, 0.1) is 11.3 Å². The highest BCUT2D eigenvalue weighted by Gasteiger charge is 2.13. The molecular weight excluding hydrogens is 390 g/mol. The van der Waals surface area contributed by atoms with Gasteiger partial charge in [0.25, 0.3) is 5.91 Å². The molecule has 2 aromatic rings. The van der Waals surface area contributed by atoms with Crippen LogP contribution in [0.25, 0.3) is 0 Å². The van der Waals surface area contributed by atoms with E-state index >= 15 is 0 Å². The number of amides is 1. The number of benzene rings is 2. The van der Waals surface area contributed by atoms with Crippen molar-refractivity contribution in [3.63, 3.8) is 0 Å². The van der Waals surface area contributed by atoms with Gasteiger partial charge in [0.1, 0.15) is 0 Å². The Labute approximate surface area is 132 Å². The molecule has 0 aliphatic rings. The number of anilines is 1. The highest BCUT2D eigenvalue weighted by Crippen LogP contribution is 2.22. The summed E-state index contributed by atoms with van der Waals surface area (Å²) in [4.78, 5) is 23.2. The molecular formula is C14H9Br2NO3. The summed E-state index contributed by atoms with van der Waals surface area (Å²) in [6.07, 6.45) is 0. The fraction of sp³-hybridized carbons (Fsp3) is 0. The average molecular weight is 399 g/mol. The van der Waals surface area contributed by atoms with E-state index in [0.717, 1.165) is 8.95 Å². The molecule has 0 aliphatic carbocycles. The van der Waals surface area contributed by atoms with Gasteiger partial charge in [-0.05, 0) is 30.3 Å². The smallest absolute Gasteiger partial charge is 0.337 e. The number of nitrogens with one attached hydrogen (secondary N) is 1. The number of carbonyl (C=O) groups excluding carboxylic acids is 1. The number of hydrogen-bond donors (Lipinski definition) is 2. The van der Waals surface area contributed by atoms with E-state index in [1.807, 2.05) is 6.07 Å². The lowest BCUT2D eigenvalue weighted by Gasteiger charge is -2.09. The number of rotatable bonds is 3. The van der Waals surface area contributed by atoms with Gasteiger partial charge in [-0.25, -0.2) is 4.79 Å². The van der Waals surface area contributed by atoms with Gasteiger partial charge in [0.15, 0.2) is 0 Å². The molecule has 6 heteroatoms. The van der Waals surface area contributed by atoms with Crippen molar-refractivity contribution in [1.82, 2.24) is 0 Å². The molecule has 0 radical (unpaired) electrons. The quantitative estimate of drug-likeness (QED) is 0.815. The van der Waals surface area contributed by atoms with Crippen LogP contribution < -0.4 is 5.32 Å². The van der Waals surface area contributed by atoms with Crippen LogP contribution in [0.15, 0.2) is 51.4 Å². The summed E-state index contributed by atoms with van der Waals surface area (Å²) in [6, 6.07) is 11.4. The Kier molecular flexibility index (Phi) is 4.57. The predicted octanol–water partition coefficient (Wildman–Crippen LogP) is 4.16. The number of hydrogen-bond acceptors (Lipinski definition) is 2. The Morgan fingerprint density at radius 2 is 1.60 bits per heavy atom. The molecule has 4 nitrogen and oxygen atoms in total. The van der Waals surface area contributed by atoms with Gasteiger partial charge >= 0.3 is 5.97 Å². The number of para-hydroxylation sites is 1. The molecule has 20 heavy (non-hydrogen) atoms. The standard InChI is InChI=1S/C14H9Br2NO3/c15-9-5-8(6-10(16)7-9)13(18)17-12-4-2-1-3-11(12)14(19)20/h1-7H,(H,17,18)(H,19,20). The van der Waals surface area contributed by atoms with Crippen LogP contribution in [0, 0.1) is 0 Å². The molecule has 0 aliphatic heterocycles. The van der Waals surface area contributed by atoms with Crippen molar-refractivity contribution in [3.05, 3.63) is 62.5 Å². The largest absolute Gasteiger partial charge is 0.478 e. The Morgan fingerprint density at radius 3 is 2.20 bits per heavy atom. The fourth-order valence-electron chi connectivity index (χ4n) is 1.66. The fourth-order valence-corrected chi connectivity index (χ4v) is 2.95. The average Bonchev–Trinajstić information content (AvgIpc) is 2.37. The second-order valence-electron chi connectivity index (χ2n) is 3.96. The summed E-state index contributed by atoms with van der Waals surface area (Å²) in [5, 5.41) is 11.7. The number of carboxylic acid groups (broad SMARTS) is 1. The molecule has 2 rings (SSSR count). The monoisotopic (exact) mass is 397 g/mol. The minimum atomic E-state index is -1.09. The SMILES string of the molecule is O=C(Nc1ccccc1C(=O)O)c1cc(Br)cc(Br)c1. The second-order valence-corrected chi connectivity index (χ2v) is 5.79. The molecule has 2 aromatic carbocycles. The minimum Gasteiger partial charge on any atom is -0.478 e. The number of halogens is 2. The molecule has 102 valence electrons. The summed E-state index contributed by atoms with van der Waals surface area (Å²) in [5.74, 6) is -1.46. The van der Waals surface area contributed by atoms with Crippen LogP contribution in [0.4, 0.5) is 5.69 Å². The van der Waals surface area contributed by atoms with E-state index in [1.165, 1.54) is 6.07 Å². The predicted molar refractivity (Wildman–Crippen MR) is 83.2 cm³/mol. The maximum Gasteiger partial charge on any atom is 0.337 e. The highest BCUT2D eigenvalue weighted by molar-refractivity contribution is 9.11. The van der Waals surface area contributed by atoms with E-state index < -0.39 is 5.97 Å². The molecule has 0 spiro atoms. The van der Waals surface area contributed by atoms with Gasteiger partial charge in [-0.2, -0.15) is 0 Å². The van der Waals surface area contributed by atoms with Crippen molar-refractivity contribution in [2.45, 2.75) is 0 Å². The van der Waals surface area contributed by atoms with Crippen LogP contribution in [-0.2, 0) is 0 Å². The van der Waals surface area contributed by atoms with Crippen molar-refractivity contribution in [2.24, 2.45) is 0 Å². The Bertz CT molecular complexity index is 666. The van der Waals surface area contributed by atoms with Gasteiger partial charge < -0.3 is 10.4 Å². The summed E-state index contributed by atoms with van der Waals surface area (Å²) < 4.78 is 1.51. The van der Waals surface area contributed by atoms with Crippen LogP contribution in [0.3, 0.4) is 0 Å². The first-order valence-electron chi connectivity index (χ1n) is 5.57. The summed E-state index contributed by atoms with van der Waals surface area (Å²) in [5.41, 5.74) is 0.738. The van der Waals surface area contributed by atoms with Gasteiger partial charge in [-0.3, -0.25) is 4.79 Å². The van der Waals surface area contributed by atoms with Gasteiger partial charge in [-0.1, -0.05) is 44.0 Å². The number of aromatic carboxylic acids is 1. The van der Waals surface area contributed by atoms with Crippen LogP contribution in [0.5, 0.6) is 0 Å². The number of carboxylic acids is 1. The lowest BCUT2D eigenvalue weighted by molar-refractivity contribution is 0.0698. The molecule has 0 aromatic heterocycles. The molecule has 0 saturated carbocycles. The molecule has 0 saturated heterocycles. The van der Waals surface area contributed by atoms with Crippen molar-refractivity contribution in [3.8, 4) is 0 Å². The first-order valence-corrected chi connectivity index (χ1v) is 7.16. The first-order chi connectivity index (χ1) is 9.47. The summed E-state index contributed by atoms with van der Waals surface area (Å²) in [7, 11) is 0. The third kappa shape index (κ3) is 3.46. The van der Waals surface area contributed by atoms with Crippen LogP contribution >= 0.6 is 31.9 Å². The summed E-state index contributed by atoms with van der Waals surface area (Å²) >= 11 is 6.60. The van der Waals surface area contributed by atoms with Crippen LogP contribution in [-0.4, -0.2) is 17.0 Å². The highest BCUT2D eigenvalue weighted by atomic mass is 79.9. The number of carbonyl (C=O) groups is 2. The van der Waals surface area contributed by atoms with E-state index in [4.69, 9.17) is 5.11 Å². The van der Waals surface area contributed by atoms with Gasteiger partial charge in [-0.15, -0.1) is 0 Å².